The summed E-state index contributed by atoms with van der Waals surface area (Å²) in [6.45, 7) is 5.54. The number of aryl methyl sites for hydroxylation is 3. The minimum Gasteiger partial charge on any atom is -0.483 e. The summed E-state index contributed by atoms with van der Waals surface area (Å²) in [7, 11) is 0. The second-order valence-electron chi connectivity index (χ2n) is 7.57. The summed E-state index contributed by atoms with van der Waals surface area (Å²) < 4.78 is 12.8. The summed E-state index contributed by atoms with van der Waals surface area (Å²) >= 11 is 6.86. The van der Waals surface area contributed by atoms with E-state index in [1.165, 1.54) is 0 Å². The number of ether oxygens (including phenoxy) is 2. The van der Waals surface area contributed by atoms with Crippen LogP contribution in [0.2, 0.25) is 0 Å². The molecule has 33 heavy (non-hydrogen) atoms. The molecule has 2 amide bonds. The van der Waals surface area contributed by atoms with Crippen molar-refractivity contribution in [2.45, 2.75) is 20.8 Å². The molecule has 0 bridgehead atoms. The molecule has 172 valence electrons. The highest BCUT2D eigenvalue weighted by atomic mass is 79.9. The molecule has 3 aromatic rings. The van der Waals surface area contributed by atoms with Crippen molar-refractivity contribution in [3.05, 3.63) is 80.2 Å². The molecule has 0 atom stereocenters. The lowest BCUT2D eigenvalue weighted by Gasteiger charge is -2.13. The van der Waals surface area contributed by atoms with Gasteiger partial charge in [-0.3, -0.25) is 9.59 Å². The quantitative estimate of drug-likeness (QED) is 0.337. The zero-order chi connectivity index (χ0) is 24.0. The minimum atomic E-state index is -0.309. The number of carbonyl (C=O) groups excluding carboxylic acids is 2. The average molecular weight is 576 g/mol. The summed E-state index contributed by atoms with van der Waals surface area (Å²) in [5.74, 6) is 0.569. The van der Waals surface area contributed by atoms with Crippen molar-refractivity contribution in [3.63, 3.8) is 0 Å². The minimum absolute atomic E-state index is 0.142. The lowest BCUT2D eigenvalue weighted by atomic mass is 10.1. The Hall–Kier alpha value is -2.84. The van der Waals surface area contributed by atoms with E-state index in [0.29, 0.717) is 22.9 Å². The van der Waals surface area contributed by atoms with Crippen LogP contribution >= 0.6 is 31.9 Å². The van der Waals surface area contributed by atoms with Gasteiger partial charge in [-0.15, -0.1) is 0 Å². The molecule has 3 rings (SSSR count). The maximum atomic E-state index is 12.4. The number of hydrogen-bond acceptors (Lipinski definition) is 4. The molecule has 0 aromatic heterocycles. The van der Waals surface area contributed by atoms with E-state index in [9.17, 15) is 9.59 Å². The monoisotopic (exact) mass is 574 g/mol. The summed E-state index contributed by atoms with van der Waals surface area (Å²) in [6.07, 6.45) is 0. The summed E-state index contributed by atoms with van der Waals surface area (Å²) in [6, 6.07) is 16.6. The van der Waals surface area contributed by atoms with Gasteiger partial charge in [0.25, 0.3) is 11.8 Å². The third-order valence-corrected chi connectivity index (χ3v) is 5.93. The second-order valence-corrected chi connectivity index (χ2v) is 9.28. The van der Waals surface area contributed by atoms with E-state index < -0.39 is 0 Å². The molecule has 0 radical (unpaired) electrons. The van der Waals surface area contributed by atoms with E-state index in [4.69, 9.17) is 9.47 Å². The smallest absolute Gasteiger partial charge is 0.262 e. The molecular weight excluding hydrogens is 552 g/mol. The molecule has 0 unspecified atom stereocenters. The number of benzene rings is 3. The predicted molar refractivity (Wildman–Crippen MR) is 137 cm³/mol. The Bertz CT molecular complexity index is 1180. The number of amides is 2. The van der Waals surface area contributed by atoms with Crippen LogP contribution in [-0.2, 0) is 9.59 Å². The molecule has 0 fully saturated rings. The van der Waals surface area contributed by atoms with Gasteiger partial charge < -0.3 is 20.1 Å². The van der Waals surface area contributed by atoms with Crippen LogP contribution in [0.25, 0.3) is 0 Å². The number of halogens is 2. The predicted octanol–water partition coefficient (Wildman–Crippen LogP) is 6.17. The lowest BCUT2D eigenvalue weighted by molar-refractivity contribution is -0.118. The number of hydrogen-bond donors (Lipinski definition) is 2. The van der Waals surface area contributed by atoms with Crippen LogP contribution in [0, 0.1) is 20.8 Å². The number of rotatable bonds is 8. The standard InChI is InChI=1S/C25H24Br2N2O4/c1-15-4-8-22(19(26)10-15)32-13-24(30)28-18-7-6-17(3)21(12-18)29-25(31)14-33-23-9-5-16(2)11-20(23)27/h4-12H,13-14H2,1-3H3,(H,28,30)(H,29,31). The molecule has 0 aliphatic rings. The molecule has 8 heteroatoms. The summed E-state index contributed by atoms with van der Waals surface area (Å²) in [4.78, 5) is 24.7. The van der Waals surface area contributed by atoms with Crippen molar-refractivity contribution in [1.82, 2.24) is 0 Å². The van der Waals surface area contributed by atoms with E-state index >= 15 is 0 Å². The summed E-state index contributed by atoms with van der Waals surface area (Å²) in [5, 5.41) is 5.61. The highest BCUT2D eigenvalue weighted by molar-refractivity contribution is 9.10. The van der Waals surface area contributed by atoms with Crippen LogP contribution in [-0.4, -0.2) is 25.0 Å². The zero-order valence-electron chi connectivity index (χ0n) is 18.5. The molecule has 6 nitrogen and oxygen atoms in total. The SMILES string of the molecule is Cc1ccc(OCC(=O)Nc2ccc(C)c(NC(=O)COc3ccc(C)cc3Br)c2)c(Br)c1. The number of anilines is 2. The molecule has 0 saturated heterocycles. The zero-order valence-corrected chi connectivity index (χ0v) is 21.7. The Morgan fingerprint density at radius 3 is 1.76 bits per heavy atom. The van der Waals surface area contributed by atoms with Gasteiger partial charge in [-0.1, -0.05) is 18.2 Å². The molecule has 0 aliphatic carbocycles. The fraction of sp³-hybridized carbons (Fsp3) is 0.200. The van der Waals surface area contributed by atoms with Gasteiger partial charge in [0.15, 0.2) is 13.2 Å². The molecule has 0 spiro atoms. The molecule has 0 aliphatic heterocycles. The van der Waals surface area contributed by atoms with Gasteiger partial charge in [0.2, 0.25) is 0 Å². The van der Waals surface area contributed by atoms with Crippen molar-refractivity contribution in [2.24, 2.45) is 0 Å². The van der Waals surface area contributed by atoms with E-state index in [1.54, 1.807) is 12.1 Å². The fourth-order valence-corrected chi connectivity index (χ4v) is 4.17. The van der Waals surface area contributed by atoms with Gasteiger partial charge in [-0.2, -0.15) is 0 Å². The van der Waals surface area contributed by atoms with Crippen LogP contribution < -0.4 is 20.1 Å². The Balaban J connectivity index is 1.55. The van der Waals surface area contributed by atoms with Gasteiger partial charge in [0.05, 0.1) is 8.95 Å². The Morgan fingerprint density at radius 2 is 1.24 bits per heavy atom. The first-order chi connectivity index (χ1) is 15.7. The Kier molecular flexibility index (Phi) is 8.52. The number of carbonyl (C=O) groups is 2. The molecule has 0 heterocycles. The van der Waals surface area contributed by atoms with Crippen LogP contribution in [0.1, 0.15) is 16.7 Å². The van der Waals surface area contributed by atoms with Crippen molar-refractivity contribution in [3.8, 4) is 11.5 Å². The third kappa shape index (κ3) is 7.33. The van der Waals surface area contributed by atoms with Gasteiger partial charge in [0, 0.05) is 11.4 Å². The number of nitrogens with one attached hydrogen (secondary N) is 2. The van der Waals surface area contributed by atoms with E-state index in [0.717, 1.165) is 25.6 Å². The normalized spacial score (nSPS) is 10.5. The average Bonchev–Trinajstić information content (AvgIpc) is 2.75. The molecule has 3 aromatic carbocycles. The van der Waals surface area contributed by atoms with Crippen LogP contribution in [0.15, 0.2) is 63.5 Å². The fourth-order valence-electron chi connectivity index (χ4n) is 2.95. The lowest BCUT2D eigenvalue weighted by Crippen LogP contribution is -2.22. The van der Waals surface area contributed by atoms with Crippen LogP contribution in [0.5, 0.6) is 11.5 Å². The van der Waals surface area contributed by atoms with Gasteiger partial charge >= 0.3 is 0 Å². The van der Waals surface area contributed by atoms with Crippen molar-refractivity contribution >= 4 is 55.0 Å². The maximum absolute atomic E-state index is 12.4. The Labute approximate surface area is 209 Å². The molecule has 0 saturated carbocycles. The molecular formula is C25H24Br2N2O4. The Morgan fingerprint density at radius 1 is 0.727 bits per heavy atom. The third-order valence-electron chi connectivity index (χ3n) is 4.69. The highest BCUT2D eigenvalue weighted by Crippen LogP contribution is 2.27. The van der Waals surface area contributed by atoms with E-state index in [1.807, 2.05) is 63.2 Å². The highest BCUT2D eigenvalue weighted by Gasteiger charge is 2.11. The van der Waals surface area contributed by atoms with E-state index in [2.05, 4.69) is 42.5 Å². The first-order valence-electron chi connectivity index (χ1n) is 10.2. The first-order valence-corrected chi connectivity index (χ1v) is 11.8. The van der Waals surface area contributed by atoms with E-state index in [-0.39, 0.29) is 25.0 Å². The van der Waals surface area contributed by atoms with Crippen molar-refractivity contribution < 1.29 is 19.1 Å². The first kappa shape index (κ1) is 24.8. The van der Waals surface area contributed by atoms with Gasteiger partial charge in [-0.05, 0) is 106 Å². The molecule has 2 N–H and O–H groups in total. The van der Waals surface area contributed by atoms with Gasteiger partial charge in [0.1, 0.15) is 11.5 Å². The van der Waals surface area contributed by atoms with Gasteiger partial charge in [-0.25, -0.2) is 0 Å². The van der Waals surface area contributed by atoms with Crippen LogP contribution in [0.3, 0.4) is 0 Å². The van der Waals surface area contributed by atoms with Crippen LogP contribution in [0.4, 0.5) is 11.4 Å². The van der Waals surface area contributed by atoms with Crippen molar-refractivity contribution in [2.75, 3.05) is 23.8 Å². The topological polar surface area (TPSA) is 76.7 Å². The second kappa shape index (κ2) is 11.3. The van der Waals surface area contributed by atoms with Crippen molar-refractivity contribution in [1.29, 1.82) is 0 Å². The summed E-state index contributed by atoms with van der Waals surface area (Å²) in [5.41, 5.74) is 4.17. The largest absolute Gasteiger partial charge is 0.483 e. The maximum Gasteiger partial charge on any atom is 0.262 e.